The van der Waals surface area contributed by atoms with Crippen LogP contribution in [0.2, 0.25) is 0 Å². The van der Waals surface area contributed by atoms with Crippen molar-refractivity contribution in [3.05, 3.63) is 29.3 Å². The standard InChI is InChI=1S/C13H17F2NO3S/c1-19-13(18)9-3-4-10(12(15)11(9)14)16-5-8-20-7-2-6-17/h3-4,16-17H,2,5-8H2,1H3. The molecular weight excluding hydrogens is 288 g/mol. The Balaban J connectivity index is 2.55. The minimum atomic E-state index is -1.21. The molecule has 20 heavy (non-hydrogen) atoms. The van der Waals surface area contributed by atoms with E-state index < -0.39 is 23.2 Å². The molecule has 0 aliphatic carbocycles. The molecule has 2 N–H and O–H groups in total. The summed E-state index contributed by atoms with van der Waals surface area (Å²) in [5, 5.41) is 11.4. The molecule has 0 fully saturated rings. The molecule has 0 atom stereocenters. The summed E-state index contributed by atoms with van der Waals surface area (Å²) in [6.45, 7) is 0.610. The summed E-state index contributed by atoms with van der Waals surface area (Å²) in [5.74, 6) is -1.69. The van der Waals surface area contributed by atoms with Crippen LogP contribution < -0.4 is 5.32 Å². The number of carbonyl (C=O) groups is 1. The van der Waals surface area contributed by atoms with Gasteiger partial charge in [-0.2, -0.15) is 11.8 Å². The van der Waals surface area contributed by atoms with Crippen molar-refractivity contribution in [3.63, 3.8) is 0 Å². The lowest BCUT2D eigenvalue weighted by Crippen LogP contribution is -2.11. The van der Waals surface area contributed by atoms with E-state index in [0.29, 0.717) is 18.7 Å². The minimum absolute atomic E-state index is 0.0120. The van der Waals surface area contributed by atoms with E-state index in [1.54, 1.807) is 11.8 Å². The monoisotopic (exact) mass is 305 g/mol. The highest BCUT2D eigenvalue weighted by atomic mass is 32.2. The molecule has 0 saturated heterocycles. The zero-order valence-electron chi connectivity index (χ0n) is 11.1. The smallest absolute Gasteiger partial charge is 0.340 e. The normalized spacial score (nSPS) is 10.4. The Morgan fingerprint density at radius 2 is 2.10 bits per heavy atom. The van der Waals surface area contributed by atoms with Gasteiger partial charge in [0.05, 0.1) is 18.4 Å². The number of thioether (sulfide) groups is 1. The Morgan fingerprint density at radius 1 is 1.35 bits per heavy atom. The lowest BCUT2D eigenvalue weighted by atomic mass is 10.2. The van der Waals surface area contributed by atoms with Crippen LogP contribution in [-0.2, 0) is 4.74 Å². The number of hydrogen-bond donors (Lipinski definition) is 2. The van der Waals surface area contributed by atoms with E-state index >= 15 is 0 Å². The maximum atomic E-state index is 13.7. The molecule has 0 radical (unpaired) electrons. The summed E-state index contributed by atoms with van der Waals surface area (Å²) in [6, 6.07) is 2.49. The summed E-state index contributed by atoms with van der Waals surface area (Å²) in [7, 11) is 1.11. The van der Waals surface area contributed by atoms with Crippen molar-refractivity contribution in [2.75, 3.05) is 37.1 Å². The van der Waals surface area contributed by atoms with Gasteiger partial charge in [-0.15, -0.1) is 0 Å². The van der Waals surface area contributed by atoms with Gasteiger partial charge >= 0.3 is 5.97 Å². The predicted molar refractivity (Wildman–Crippen MR) is 75.2 cm³/mol. The SMILES string of the molecule is COC(=O)c1ccc(NCCSCCCO)c(F)c1F. The van der Waals surface area contributed by atoms with Crippen LogP contribution in [-0.4, -0.2) is 42.8 Å². The van der Waals surface area contributed by atoms with Crippen molar-refractivity contribution in [2.24, 2.45) is 0 Å². The summed E-state index contributed by atoms with van der Waals surface area (Å²) in [4.78, 5) is 11.2. The fourth-order valence-electron chi connectivity index (χ4n) is 1.48. The molecule has 0 saturated carbocycles. The molecule has 0 bridgehead atoms. The van der Waals surface area contributed by atoms with E-state index in [1.165, 1.54) is 12.1 Å². The zero-order valence-corrected chi connectivity index (χ0v) is 11.9. The average molecular weight is 305 g/mol. The van der Waals surface area contributed by atoms with Gasteiger partial charge in [0.25, 0.3) is 0 Å². The molecule has 0 aromatic heterocycles. The van der Waals surface area contributed by atoms with Crippen LogP contribution in [0.1, 0.15) is 16.8 Å². The molecule has 112 valence electrons. The van der Waals surface area contributed by atoms with Gasteiger partial charge in [-0.3, -0.25) is 0 Å². The molecule has 1 aromatic rings. The number of methoxy groups -OCH3 is 1. The van der Waals surface area contributed by atoms with Gasteiger partial charge in [-0.05, 0) is 24.3 Å². The number of rotatable bonds is 8. The Labute approximate surface area is 120 Å². The molecule has 0 spiro atoms. The first-order chi connectivity index (χ1) is 9.61. The zero-order chi connectivity index (χ0) is 15.0. The van der Waals surface area contributed by atoms with Crippen molar-refractivity contribution in [1.82, 2.24) is 0 Å². The van der Waals surface area contributed by atoms with E-state index in [0.717, 1.165) is 12.9 Å². The number of nitrogens with one attached hydrogen (secondary N) is 1. The van der Waals surface area contributed by atoms with E-state index in [-0.39, 0.29) is 12.3 Å². The molecule has 0 aliphatic heterocycles. The Morgan fingerprint density at radius 3 is 2.75 bits per heavy atom. The second-order valence-electron chi connectivity index (χ2n) is 3.90. The van der Waals surface area contributed by atoms with E-state index in [1.807, 2.05) is 0 Å². The number of ether oxygens (including phenoxy) is 1. The molecule has 1 rings (SSSR count). The van der Waals surface area contributed by atoms with Gasteiger partial charge in [0.15, 0.2) is 11.6 Å². The van der Waals surface area contributed by atoms with Crippen LogP contribution in [0, 0.1) is 11.6 Å². The van der Waals surface area contributed by atoms with Crippen molar-refractivity contribution in [3.8, 4) is 0 Å². The summed E-state index contributed by atoms with van der Waals surface area (Å²) >= 11 is 1.61. The van der Waals surface area contributed by atoms with Crippen LogP contribution in [0.4, 0.5) is 14.5 Å². The number of benzene rings is 1. The maximum Gasteiger partial charge on any atom is 0.340 e. The van der Waals surface area contributed by atoms with Crippen LogP contribution >= 0.6 is 11.8 Å². The largest absolute Gasteiger partial charge is 0.465 e. The number of anilines is 1. The first-order valence-corrected chi connectivity index (χ1v) is 7.26. The van der Waals surface area contributed by atoms with Crippen LogP contribution in [0.25, 0.3) is 0 Å². The predicted octanol–water partition coefficient (Wildman–Crippen LogP) is 2.28. The fourth-order valence-corrected chi connectivity index (χ4v) is 2.26. The Bertz CT molecular complexity index is 457. The maximum absolute atomic E-state index is 13.7. The van der Waals surface area contributed by atoms with Crippen LogP contribution in [0.15, 0.2) is 12.1 Å². The lowest BCUT2D eigenvalue weighted by molar-refractivity contribution is 0.0594. The van der Waals surface area contributed by atoms with E-state index in [9.17, 15) is 13.6 Å². The van der Waals surface area contributed by atoms with Gasteiger partial charge in [0.1, 0.15) is 0 Å². The molecule has 0 aliphatic rings. The van der Waals surface area contributed by atoms with E-state index in [2.05, 4.69) is 10.1 Å². The summed E-state index contributed by atoms with van der Waals surface area (Å²) < 4.78 is 31.7. The second kappa shape index (κ2) is 8.76. The van der Waals surface area contributed by atoms with Crippen molar-refractivity contribution in [1.29, 1.82) is 0 Å². The van der Waals surface area contributed by atoms with Gasteiger partial charge < -0.3 is 15.2 Å². The number of hydrogen-bond acceptors (Lipinski definition) is 5. The van der Waals surface area contributed by atoms with Gasteiger partial charge in [-0.25, -0.2) is 13.6 Å². The molecule has 0 heterocycles. The Hall–Kier alpha value is -1.34. The van der Waals surface area contributed by atoms with E-state index in [4.69, 9.17) is 5.11 Å². The second-order valence-corrected chi connectivity index (χ2v) is 5.12. The fraction of sp³-hybridized carbons (Fsp3) is 0.462. The topological polar surface area (TPSA) is 58.6 Å². The number of aliphatic hydroxyl groups is 1. The Kier molecular flexibility index (Phi) is 7.32. The number of aliphatic hydroxyl groups excluding tert-OH is 1. The third-order valence-electron chi connectivity index (χ3n) is 2.50. The molecule has 0 unspecified atom stereocenters. The third-order valence-corrected chi connectivity index (χ3v) is 3.57. The lowest BCUT2D eigenvalue weighted by Gasteiger charge is -2.09. The highest BCUT2D eigenvalue weighted by Gasteiger charge is 2.18. The van der Waals surface area contributed by atoms with Gasteiger partial charge in [0.2, 0.25) is 0 Å². The van der Waals surface area contributed by atoms with Crippen molar-refractivity contribution in [2.45, 2.75) is 6.42 Å². The van der Waals surface area contributed by atoms with Crippen LogP contribution in [0.5, 0.6) is 0 Å². The van der Waals surface area contributed by atoms with Gasteiger partial charge in [0, 0.05) is 18.9 Å². The van der Waals surface area contributed by atoms with Crippen molar-refractivity contribution >= 4 is 23.4 Å². The quantitative estimate of drug-likeness (QED) is 0.570. The molecular formula is C13H17F2NO3S. The first-order valence-electron chi connectivity index (χ1n) is 6.10. The van der Waals surface area contributed by atoms with Gasteiger partial charge in [-0.1, -0.05) is 0 Å². The number of halogens is 2. The molecule has 0 amide bonds. The third kappa shape index (κ3) is 4.64. The highest BCUT2D eigenvalue weighted by Crippen LogP contribution is 2.21. The molecule has 1 aromatic carbocycles. The summed E-state index contributed by atoms with van der Waals surface area (Å²) in [5.41, 5.74) is -0.411. The number of carbonyl (C=O) groups excluding carboxylic acids is 1. The minimum Gasteiger partial charge on any atom is -0.465 e. The molecule has 4 nitrogen and oxygen atoms in total. The first kappa shape index (κ1) is 16.7. The van der Waals surface area contributed by atoms with Crippen molar-refractivity contribution < 1.29 is 23.4 Å². The highest BCUT2D eigenvalue weighted by molar-refractivity contribution is 7.99. The molecule has 7 heteroatoms. The van der Waals surface area contributed by atoms with Crippen LogP contribution in [0.3, 0.4) is 0 Å². The average Bonchev–Trinajstić information content (AvgIpc) is 2.46. The summed E-state index contributed by atoms with van der Waals surface area (Å²) in [6.07, 6.45) is 0.710. The number of esters is 1.